The normalized spacial score (nSPS) is 10.3. The second kappa shape index (κ2) is 15.7. The second-order valence-corrected chi connectivity index (χ2v) is 8.69. The van der Waals surface area contributed by atoms with Gasteiger partial charge in [0.1, 0.15) is 34.8 Å². The van der Waals surface area contributed by atoms with E-state index in [1.165, 1.54) is 0 Å². The highest BCUT2D eigenvalue weighted by atomic mass is 16.6. The summed E-state index contributed by atoms with van der Waals surface area (Å²) in [7, 11) is 0. The maximum absolute atomic E-state index is 10.2. The summed E-state index contributed by atoms with van der Waals surface area (Å²) in [6, 6.07) is 11.2. The van der Waals surface area contributed by atoms with Crippen molar-refractivity contribution in [3.8, 4) is 46.6 Å². The van der Waals surface area contributed by atoms with Gasteiger partial charge in [0.05, 0.1) is 25.6 Å². The number of rotatable bonds is 16. The van der Waals surface area contributed by atoms with Gasteiger partial charge in [-0.1, -0.05) is 52.4 Å². The van der Waals surface area contributed by atoms with Crippen molar-refractivity contribution in [1.29, 1.82) is 10.5 Å². The van der Waals surface area contributed by atoms with E-state index in [1.54, 1.807) is 49.1 Å². The Morgan fingerprint density at radius 1 is 0.632 bits per heavy atom. The Morgan fingerprint density at radius 3 is 1.42 bits per heavy atom. The molecule has 0 atom stereocenters. The quantitative estimate of drug-likeness (QED) is 0.179. The number of nitrogens with zero attached hydrogens (tertiary/aromatic N) is 4. The molecule has 0 saturated carbocycles. The monoisotopic (exact) mass is 514 g/mol. The minimum absolute atomic E-state index is 0.0453. The van der Waals surface area contributed by atoms with Gasteiger partial charge in [-0.2, -0.15) is 10.5 Å². The molecule has 38 heavy (non-hydrogen) atoms. The number of hydrogen-bond acceptors (Lipinski definition) is 8. The highest BCUT2D eigenvalue weighted by Crippen LogP contribution is 2.52. The summed E-state index contributed by atoms with van der Waals surface area (Å²) >= 11 is 0. The Labute approximate surface area is 224 Å². The molecule has 0 unspecified atom stereocenters. The molecule has 0 spiro atoms. The second-order valence-electron chi connectivity index (χ2n) is 8.69. The van der Waals surface area contributed by atoms with Crippen molar-refractivity contribution in [2.24, 2.45) is 0 Å². The van der Waals surface area contributed by atoms with Gasteiger partial charge in [-0.05, 0) is 37.1 Å². The van der Waals surface area contributed by atoms with Crippen LogP contribution in [0.3, 0.4) is 0 Å². The Hall–Kier alpha value is -4.30. The summed E-state index contributed by atoms with van der Waals surface area (Å²) in [5.41, 5.74) is 0.0907. The molecule has 8 nitrogen and oxygen atoms in total. The zero-order valence-corrected chi connectivity index (χ0v) is 22.1. The number of hydrogen-bond donors (Lipinski definition) is 0. The molecular formula is C30H34N4O4. The Bertz CT molecular complexity index is 1120. The number of unbranched alkanes of at least 4 members (excludes halogenated alkanes) is 6. The number of ether oxygens (including phenoxy) is 4. The average molecular weight is 515 g/mol. The lowest BCUT2D eigenvalue weighted by molar-refractivity contribution is 0.270. The van der Waals surface area contributed by atoms with E-state index in [-0.39, 0.29) is 34.1 Å². The van der Waals surface area contributed by atoms with Gasteiger partial charge in [0.2, 0.25) is 11.5 Å². The number of nitriles is 2. The molecule has 0 aliphatic carbocycles. The first kappa shape index (κ1) is 28.3. The molecule has 3 rings (SSSR count). The molecule has 198 valence electrons. The fourth-order valence-corrected chi connectivity index (χ4v) is 3.79. The molecule has 0 aliphatic heterocycles. The zero-order valence-electron chi connectivity index (χ0n) is 22.1. The maximum atomic E-state index is 10.2. The van der Waals surface area contributed by atoms with Crippen molar-refractivity contribution >= 4 is 0 Å². The fourth-order valence-electron chi connectivity index (χ4n) is 3.79. The summed E-state index contributed by atoms with van der Waals surface area (Å²) in [6.45, 7) is 4.98. The van der Waals surface area contributed by atoms with Crippen LogP contribution in [0.15, 0.2) is 49.1 Å². The number of benzene rings is 1. The average Bonchev–Trinajstić information content (AvgIpc) is 2.95. The molecule has 0 N–H and O–H groups in total. The molecule has 2 aromatic heterocycles. The summed E-state index contributed by atoms with van der Waals surface area (Å²) in [5, 5.41) is 20.3. The van der Waals surface area contributed by atoms with Crippen molar-refractivity contribution in [3.05, 3.63) is 60.2 Å². The lowest BCUT2D eigenvalue weighted by Gasteiger charge is -2.22. The molecule has 2 heterocycles. The summed E-state index contributed by atoms with van der Waals surface area (Å²) in [4.78, 5) is 8.26. The first-order chi connectivity index (χ1) is 18.7. The van der Waals surface area contributed by atoms with Gasteiger partial charge in [0, 0.05) is 12.4 Å². The third-order valence-electron chi connectivity index (χ3n) is 5.74. The molecule has 0 fully saturated rings. The lowest BCUT2D eigenvalue weighted by atomic mass is 10.0. The van der Waals surface area contributed by atoms with Crippen LogP contribution in [0.1, 0.15) is 76.3 Å². The van der Waals surface area contributed by atoms with Crippen LogP contribution in [0.2, 0.25) is 0 Å². The third-order valence-corrected chi connectivity index (χ3v) is 5.74. The maximum Gasteiger partial charge on any atom is 0.217 e. The van der Waals surface area contributed by atoms with Gasteiger partial charge >= 0.3 is 0 Å². The van der Waals surface area contributed by atoms with Gasteiger partial charge in [0.25, 0.3) is 0 Å². The Kier molecular flexibility index (Phi) is 11.7. The zero-order chi connectivity index (χ0) is 27.0. The van der Waals surface area contributed by atoms with Crippen LogP contribution in [-0.4, -0.2) is 23.2 Å². The van der Waals surface area contributed by atoms with Gasteiger partial charge in [-0.3, -0.25) is 9.97 Å². The summed E-state index contributed by atoms with van der Waals surface area (Å²) in [5.74, 6) is 1.42. The van der Waals surface area contributed by atoms with Crippen molar-refractivity contribution in [3.63, 3.8) is 0 Å². The van der Waals surface area contributed by atoms with Crippen molar-refractivity contribution in [2.75, 3.05) is 13.2 Å². The van der Waals surface area contributed by atoms with Crippen molar-refractivity contribution in [1.82, 2.24) is 9.97 Å². The van der Waals surface area contributed by atoms with E-state index in [1.807, 2.05) is 0 Å². The summed E-state index contributed by atoms with van der Waals surface area (Å²) < 4.78 is 24.8. The van der Waals surface area contributed by atoms with E-state index in [2.05, 4.69) is 36.0 Å². The Morgan fingerprint density at radius 2 is 1.08 bits per heavy atom. The van der Waals surface area contributed by atoms with Crippen LogP contribution in [0.25, 0.3) is 0 Å². The molecule has 0 radical (unpaired) electrons. The summed E-state index contributed by atoms with van der Waals surface area (Å²) in [6.07, 6.45) is 14.3. The van der Waals surface area contributed by atoms with E-state index >= 15 is 0 Å². The SMILES string of the molecule is CCCCCCOc1c(C#N)c(C#N)c(OCCCCCC)c(Oc2cccnc2)c1Oc1cccnc1. The first-order valence-corrected chi connectivity index (χ1v) is 13.2. The van der Waals surface area contributed by atoms with E-state index in [0.717, 1.165) is 51.4 Å². The predicted octanol–water partition coefficient (Wildman–Crippen LogP) is 7.72. The highest BCUT2D eigenvalue weighted by molar-refractivity contribution is 5.74. The molecule has 1 aromatic carbocycles. The van der Waals surface area contributed by atoms with Gasteiger partial charge < -0.3 is 18.9 Å². The van der Waals surface area contributed by atoms with E-state index in [0.29, 0.717) is 24.7 Å². The Balaban J connectivity index is 2.15. The smallest absolute Gasteiger partial charge is 0.217 e. The lowest BCUT2D eigenvalue weighted by Crippen LogP contribution is -2.08. The molecule has 0 amide bonds. The van der Waals surface area contributed by atoms with E-state index < -0.39 is 0 Å². The number of pyridine rings is 2. The van der Waals surface area contributed by atoms with E-state index in [4.69, 9.17) is 18.9 Å². The van der Waals surface area contributed by atoms with Crippen LogP contribution in [0.5, 0.6) is 34.5 Å². The fraction of sp³-hybridized carbons (Fsp3) is 0.400. The van der Waals surface area contributed by atoms with Crippen LogP contribution in [0, 0.1) is 22.7 Å². The molecule has 0 aliphatic rings. The predicted molar refractivity (Wildman–Crippen MR) is 144 cm³/mol. The van der Waals surface area contributed by atoms with Crippen LogP contribution >= 0.6 is 0 Å². The van der Waals surface area contributed by atoms with Gasteiger partial charge in [-0.15, -0.1) is 0 Å². The van der Waals surface area contributed by atoms with E-state index in [9.17, 15) is 10.5 Å². The first-order valence-electron chi connectivity index (χ1n) is 13.2. The van der Waals surface area contributed by atoms with Crippen LogP contribution in [0.4, 0.5) is 0 Å². The minimum atomic E-state index is 0.0453. The van der Waals surface area contributed by atoms with Gasteiger partial charge in [0.15, 0.2) is 11.5 Å². The third kappa shape index (κ3) is 7.85. The number of aromatic nitrogens is 2. The molecule has 3 aromatic rings. The molecular weight excluding hydrogens is 480 g/mol. The minimum Gasteiger partial charge on any atom is -0.488 e. The standard InChI is InChI=1S/C30H34N4O4/c1-3-5-7-9-17-35-27-25(19-31)26(20-32)28(36-18-10-8-6-4-2)30(38-24-14-12-16-34-22-24)29(27)37-23-13-11-15-33-21-23/h11-16,21-22H,3-10,17-18H2,1-2H3. The largest absolute Gasteiger partial charge is 0.488 e. The topological polar surface area (TPSA) is 110 Å². The van der Waals surface area contributed by atoms with Crippen molar-refractivity contribution < 1.29 is 18.9 Å². The molecule has 0 bridgehead atoms. The van der Waals surface area contributed by atoms with Crippen LogP contribution < -0.4 is 18.9 Å². The van der Waals surface area contributed by atoms with Crippen LogP contribution in [-0.2, 0) is 0 Å². The van der Waals surface area contributed by atoms with Crippen molar-refractivity contribution in [2.45, 2.75) is 65.2 Å². The van der Waals surface area contributed by atoms with Gasteiger partial charge in [-0.25, -0.2) is 0 Å². The molecule has 0 saturated heterocycles. The highest BCUT2D eigenvalue weighted by Gasteiger charge is 2.30. The molecule has 8 heteroatoms.